The molecule has 0 radical (unpaired) electrons. The number of ether oxygens (including phenoxy) is 1. The Balaban J connectivity index is 1.75. The molecule has 2 aliphatic heterocycles. The third kappa shape index (κ3) is 4.54. The number of hydrogen-bond donors (Lipinski definition) is 1. The SMILES string of the molecule is CCOC(=O)C1=C(C)Nc2snc(CCN3CCCCC3)c2C1c1cccc([N+](=O)[O-])c1. The Morgan fingerprint density at radius 2 is 2.12 bits per heavy atom. The van der Waals surface area contributed by atoms with Gasteiger partial charge in [-0.1, -0.05) is 18.6 Å². The van der Waals surface area contributed by atoms with E-state index in [2.05, 4.69) is 10.2 Å². The Morgan fingerprint density at radius 1 is 1.34 bits per heavy atom. The lowest BCUT2D eigenvalue weighted by Crippen LogP contribution is -2.32. The van der Waals surface area contributed by atoms with Crippen molar-refractivity contribution < 1.29 is 14.5 Å². The van der Waals surface area contributed by atoms with Crippen molar-refractivity contribution in [1.82, 2.24) is 9.27 Å². The number of nitrogens with zero attached hydrogens (tertiary/aromatic N) is 3. The number of esters is 1. The average molecular weight is 457 g/mol. The average Bonchev–Trinajstić information content (AvgIpc) is 3.20. The van der Waals surface area contributed by atoms with Crippen LogP contribution in [0.15, 0.2) is 35.5 Å². The molecule has 1 fully saturated rings. The van der Waals surface area contributed by atoms with E-state index in [1.54, 1.807) is 19.1 Å². The van der Waals surface area contributed by atoms with Crippen molar-refractivity contribution in [1.29, 1.82) is 0 Å². The molecular weight excluding hydrogens is 428 g/mol. The summed E-state index contributed by atoms with van der Waals surface area (Å²) in [5, 5.41) is 15.7. The van der Waals surface area contributed by atoms with E-state index in [4.69, 9.17) is 9.11 Å². The Morgan fingerprint density at radius 3 is 2.84 bits per heavy atom. The van der Waals surface area contributed by atoms with Crippen molar-refractivity contribution in [3.05, 3.63) is 62.5 Å². The van der Waals surface area contributed by atoms with E-state index < -0.39 is 16.8 Å². The predicted octanol–water partition coefficient (Wildman–Crippen LogP) is 4.47. The number of piperidine rings is 1. The molecule has 2 aliphatic rings. The maximum absolute atomic E-state index is 13.0. The van der Waals surface area contributed by atoms with Crippen LogP contribution >= 0.6 is 11.5 Å². The van der Waals surface area contributed by atoms with Gasteiger partial charge in [0.2, 0.25) is 0 Å². The van der Waals surface area contributed by atoms with Gasteiger partial charge in [-0.3, -0.25) is 10.1 Å². The topological polar surface area (TPSA) is 97.6 Å². The highest BCUT2D eigenvalue weighted by atomic mass is 32.1. The zero-order valence-corrected chi connectivity index (χ0v) is 19.2. The number of nitro benzene ring substituents is 1. The molecule has 1 unspecified atom stereocenters. The summed E-state index contributed by atoms with van der Waals surface area (Å²) in [7, 11) is 0. The van der Waals surface area contributed by atoms with Crippen LogP contribution in [0.4, 0.5) is 10.7 Å². The molecule has 8 nitrogen and oxygen atoms in total. The lowest BCUT2D eigenvalue weighted by Gasteiger charge is -2.29. The Labute approximate surface area is 191 Å². The first-order valence-electron chi connectivity index (χ1n) is 11.1. The molecule has 0 aliphatic carbocycles. The van der Waals surface area contributed by atoms with Crippen LogP contribution in [-0.4, -0.2) is 46.4 Å². The summed E-state index contributed by atoms with van der Waals surface area (Å²) in [6.45, 7) is 6.99. The van der Waals surface area contributed by atoms with Crippen LogP contribution < -0.4 is 5.32 Å². The van der Waals surface area contributed by atoms with Crippen molar-refractivity contribution in [2.45, 2.75) is 45.4 Å². The van der Waals surface area contributed by atoms with E-state index in [-0.39, 0.29) is 12.3 Å². The maximum atomic E-state index is 13.0. The van der Waals surface area contributed by atoms with E-state index in [1.807, 2.05) is 13.0 Å². The molecule has 4 rings (SSSR count). The largest absolute Gasteiger partial charge is 0.463 e. The van der Waals surface area contributed by atoms with Gasteiger partial charge in [-0.2, -0.15) is 4.37 Å². The molecule has 0 spiro atoms. The first kappa shape index (κ1) is 22.4. The van der Waals surface area contributed by atoms with Gasteiger partial charge in [-0.05, 0) is 56.9 Å². The highest BCUT2D eigenvalue weighted by Gasteiger charge is 2.37. The summed E-state index contributed by atoms with van der Waals surface area (Å²) in [5.41, 5.74) is 3.75. The Hall–Kier alpha value is -2.78. The number of carbonyl (C=O) groups is 1. The zero-order chi connectivity index (χ0) is 22.7. The number of nitrogens with one attached hydrogen (secondary N) is 1. The summed E-state index contributed by atoms with van der Waals surface area (Å²) < 4.78 is 10.1. The second-order valence-corrected chi connectivity index (χ2v) is 8.97. The fraction of sp³-hybridized carbons (Fsp3) is 0.478. The normalized spacial score (nSPS) is 18.8. The van der Waals surface area contributed by atoms with Crippen LogP contribution in [-0.2, 0) is 16.0 Å². The van der Waals surface area contributed by atoms with Gasteiger partial charge in [-0.25, -0.2) is 4.79 Å². The quantitative estimate of drug-likeness (QED) is 0.373. The van der Waals surface area contributed by atoms with E-state index in [9.17, 15) is 14.9 Å². The van der Waals surface area contributed by atoms with Crippen molar-refractivity contribution >= 4 is 28.2 Å². The van der Waals surface area contributed by atoms with Gasteiger partial charge in [-0.15, -0.1) is 0 Å². The fourth-order valence-electron chi connectivity index (χ4n) is 4.57. The van der Waals surface area contributed by atoms with Gasteiger partial charge >= 0.3 is 5.97 Å². The van der Waals surface area contributed by atoms with Crippen LogP contribution in [0.5, 0.6) is 0 Å². The summed E-state index contributed by atoms with van der Waals surface area (Å²) in [6, 6.07) is 6.53. The number of fused-ring (bicyclic) bond motifs is 1. The number of anilines is 1. The fourth-order valence-corrected chi connectivity index (χ4v) is 5.50. The molecule has 3 heterocycles. The first-order valence-corrected chi connectivity index (χ1v) is 11.9. The molecule has 0 amide bonds. The van der Waals surface area contributed by atoms with E-state index in [0.717, 1.165) is 42.3 Å². The lowest BCUT2D eigenvalue weighted by molar-refractivity contribution is -0.384. The molecule has 1 aromatic heterocycles. The summed E-state index contributed by atoms with van der Waals surface area (Å²) in [6.07, 6.45) is 4.51. The Kier molecular flexibility index (Phi) is 6.86. The molecule has 0 bridgehead atoms. The van der Waals surface area contributed by atoms with Gasteiger partial charge in [0.15, 0.2) is 0 Å². The molecule has 1 atom stereocenters. The van der Waals surface area contributed by atoms with Gasteiger partial charge in [0.25, 0.3) is 5.69 Å². The minimum absolute atomic E-state index is 0.00139. The number of hydrogen-bond acceptors (Lipinski definition) is 8. The van der Waals surface area contributed by atoms with Crippen LogP contribution in [0.1, 0.15) is 55.8 Å². The number of aromatic nitrogens is 1. The molecule has 170 valence electrons. The predicted molar refractivity (Wildman–Crippen MR) is 124 cm³/mol. The van der Waals surface area contributed by atoms with Crippen LogP contribution in [0, 0.1) is 10.1 Å². The van der Waals surface area contributed by atoms with Crippen molar-refractivity contribution in [3.8, 4) is 0 Å². The van der Waals surface area contributed by atoms with Gasteiger partial charge in [0.1, 0.15) is 5.00 Å². The molecule has 2 aromatic rings. The minimum atomic E-state index is -0.458. The maximum Gasteiger partial charge on any atom is 0.336 e. The smallest absolute Gasteiger partial charge is 0.336 e. The summed E-state index contributed by atoms with van der Waals surface area (Å²) in [4.78, 5) is 26.5. The Bertz CT molecular complexity index is 1040. The number of benzene rings is 1. The van der Waals surface area contributed by atoms with E-state index in [1.165, 1.54) is 36.9 Å². The second kappa shape index (κ2) is 9.79. The monoisotopic (exact) mass is 456 g/mol. The van der Waals surface area contributed by atoms with Gasteiger partial charge in [0.05, 0.1) is 22.8 Å². The third-order valence-electron chi connectivity index (χ3n) is 6.11. The molecule has 1 saturated heterocycles. The minimum Gasteiger partial charge on any atom is -0.463 e. The molecule has 1 N–H and O–H groups in total. The number of rotatable bonds is 7. The first-order chi connectivity index (χ1) is 15.5. The van der Waals surface area contributed by atoms with Crippen molar-refractivity contribution in [2.75, 3.05) is 31.6 Å². The molecule has 9 heteroatoms. The number of likely N-dealkylation sites (tertiary alicyclic amines) is 1. The zero-order valence-electron chi connectivity index (χ0n) is 18.4. The third-order valence-corrected chi connectivity index (χ3v) is 6.92. The van der Waals surface area contributed by atoms with Crippen LogP contribution in [0.25, 0.3) is 0 Å². The van der Waals surface area contributed by atoms with Gasteiger partial charge < -0.3 is 15.0 Å². The molecule has 1 aromatic carbocycles. The highest BCUT2D eigenvalue weighted by Crippen LogP contribution is 2.46. The van der Waals surface area contributed by atoms with Crippen molar-refractivity contribution in [2.24, 2.45) is 0 Å². The number of nitro groups is 1. The van der Waals surface area contributed by atoms with Gasteiger partial charge in [0, 0.05) is 42.3 Å². The van der Waals surface area contributed by atoms with Crippen LogP contribution in [0.2, 0.25) is 0 Å². The van der Waals surface area contributed by atoms with Crippen LogP contribution in [0.3, 0.4) is 0 Å². The molecule has 32 heavy (non-hydrogen) atoms. The van der Waals surface area contributed by atoms with Crippen molar-refractivity contribution in [3.63, 3.8) is 0 Å². The summed E-state index contributed by atoms with van der Waals surface area (Å²) >= 11 is 1.38. The highest BCUT2D eigenvalue weighted by molar-refractivity contribution is 7.10. The second-order valence-electron chi connectivity index (χ2n) is 8.19. The molecular formula is C23H28N4O4S. The number of non-ortho nitro benzene ring substituents is 1. The number of carbonyl (C=O) groups excluding carboxylic acids is 1. The lowest BCUT2D eigenvalue weighted by atomic mass is 9.81. The van der Waals surface area contributed by atoms with E-state index >= 15 is 0 Å². The van der Waals surface area contributed by atoms with E-state index in [0.29, 0.717) is 16.8 Å². The number of allylic oxidation sites excluding steroid dienone is 1. The summed E-state index contributed by atoms with van der Waals surface area (Å²) in [5.74, 6) is -0.867. The molecule has 0 saturated carbocycles. The standard InChI is InChI=1S/C23H28N4O4S/c1-3-31-23(28)19-15(2)24-22-21(20(19)16-8-7-9-17(14-16)27(29)30)18(25-32-22)10-13-26-11-5-4-6-12-26/h7-9,14,20,24H,3-6,10-13H2,1-2H3.